The van der Waals surface area contributed by atoms with Gasteiger partial charge in [0.05, 0.1) is 11.8 Å². The molecule has 100 valence electrons. The number of hydrogen-bond donors (Lipinski definition) is 1. The number of fused-ring (bicyclic) bond motifs is 2. The first-order valence-electron chi connectivity index (χ1n) is 6.21. The Bertz CT molecular complexity index is 382. The molecule has 2 bridgehead atoms. The van der Waals surface area contributed by atoms with Crippen molar-refractivity contribution in [1.29, 1.82) is 0 Å². The van der Waals surface area contributed by atoms with Crippen LogP contribution in [0.1, 0.15) is 6.42 Å². The molecule has 1 N–H and O–H groups in total. The standard InChI is InChI=1S/C13H19NO3S/c1-14(5-6-18-2)12(15)10-8-3-4-9(7-8)11(10)13(16)17/h3-4,8-11H,5-7H2,1-2H3,(H,16,17)/t8?,9?,10-,11+/m0/s1. The molecule has 5 heteroatoms. The van der Waals surface area contributed by atoms with Gasteiger partial charge in [-0.05, 0) is 24.5 Å². The van der Waals surface area contributed by atoms with Gasteiger partial charge >= 0.3 is 5.97 Å². The lowest BCUT2D eigenvalue weighted by Gasteiger charge is -2.28. The zero-order valence-electron chi connectivity index (χ0n) is 10.7. The third kappa shape index (κ3) is 2.28. The molecule has 0 spiro atoms. The van der Waals surface area contributed by atoms with Crippen molar-refractivity contribution < 1.29 is 14.7 Å². The van der Waals surface area contributed by atoms with Gasteiger partial charge in [0, 0.05) is 19.3 Å². The van der Waals surface area contributed by atoms with Gasteiger partial charge in [-0.15, -0.1) is 0 Å². The number of carbonyl (C=O) groups excluding carboxylic acids is 1. The lowest BCUT2D eigenvalue weighted by molar-refractivity contribution is -0.150. The van der Waals surface area contributed by atoms with Crippen LogP contribution in [-0.2, 0) is 9.59 Å². The summed E-state index contributed by atoms with van der Waals surface area (Å²) >= 11 is 1.69. The summed E-state index contributed by atoms with van der Waals surface area (Å²) < 4.78 is 0. The Balaban J connectivity index is 2.09. The number of allylic oxidation sites excluding steroid dienone is 2. The highest BCUT2D eigenvalue weighted by atomic mass is 32.2. The molecule has 18 heavy (non-hydrogen) atoms. The van der Waals surface area contributed by atoms with Gasteiger partial charge in [-0.2, -0.15) is 11.8 Å². The van der Waals surface area contributed by atoms with E-state index in [9.17, 15) is 14.7 Å². The molecule has 0 aromatic heterocycles. The summed E-state index contributed by atoms with van der Waals surface area (Å²) in [4.78, 5) is 25.4. The molecule has 0 heterocycles. The Morgan fingerprint density at radius 3 is 2.50 bits per heavy atom. The van der Waals surface area contributed by atoms with Crippen molar-refractivity contribution in [2.45, 2.75) is 6.42 Å². The maximum atomic E-state index is 12.4. The van der Waals surface area contributed by atoms with Crippen LogP contribution in [0.15, 0.2) is 12.2 Å². The van der Waals surface area contributed by atoms with Gasteiger partial charge in [0.15, 0.2) is 0 Å². The fraction of sp³-hybridized carbons (Fsp3) is 0.692. The van der Waals surface area contributed by atoms with Crippen LogP contribution in [0.4, 0.5) is 0 Å². The third-order valence-electron chi connectivity index (χ3n) is 4.04. The molecule has 1 amide bonds. The van der Waals surface area contributed by atoms with Gasteiger partial charge in [0.1, 0.15) is 0 Å². The summed E-state index contributed by atoms with van der Waals surface area (Å²) in [7, 11) is 1.77. The van der Waals surface area contributed by atoms with Gasteiger partial charge in [0.25, 0.3) is 0 Å². The fourth-order valence-corrected chi connectivity index (χ4v) is 3.54. The average molecular weight is 269 g/mol. The van der Waals surface area contributed by atoms with Crippen LogP contribution in [0.5, 0.6) is 0 Å². The van der Waals surface area contributed by atoms with Crippen LogP contribution in [0, 0.1) is 23.7 Å². The van der Waals surface area contributed by atoms with Crippen molar-refractivity contribution in [3.05, 3.63) is 12.2 Å². The number of carboxylic acids is 1. The van der Waals surface area contributed by atoms with Crippen LogP contribution in [0.3, 0.4) is 0 Å². The van der Waals surface area contributed by atoms with Gasteiger partial charge < -0.3 is 10.0 Å². The molecule has 2 unspecified atom stereocenters. The van der Waals surface area contributed by atoms with Crippen molar-refractivity contribution in [1.82, 2.24) is 4.90 Å². The molecule has 1 saturated carbocycles. The third-order valence-corrected chi connectivity index (χ3v) is 4.63. The predicted molar refractivity (Wildman–Crippen MR) is 71.4 cm³/mol. The number of nitrogens with zero attached hydrogens (tertiary/aromatic N) is 1. The largest absolute Gasteiger partial charge is 0.481 e. The van der Waals surface area contributed by atoms with Gasteiger partial charge in [-0.25, -0.2) is 0 Å². The van der Waals surface area contributed by atoms with Crippen LogP contribution < -0.4 is 0 Å². The highest BCUT2D eigenvalue weighted by Gasteiger charge is 2.52. The number of carboxylic acid groups (broad SMARTS) is 1. The topological polar surface area (TPSA) is 57.6 Å². The van der Waals surface area contributed by atoms with Crippen LogP contribution in [0.2, 0.25) is 0 Å². The molecule has 0 aliphatic heterocycles. The molecular weight excluding hydrogens is 250 g/mol. The normalized spacial score (nSPS) is 32.8. The molecule has 0 aromatic rings. The van der Waals surface area contributed by atoms with E-state index >= 15 is 0 Å². The molecule has 0 aromatic carbocycles. The molecule has 1 fully saturated rings. The number of rotatable bonds is 5. The summed E-state index contributed by atoms with van der Waals surface area (Å²) in [6.45, 7) is 0.684. The predicted octanol–water partition coefficient (Wildman–Crippen LogP) is 1.33. The number of thioether (sulfide) groups is 1. The first-order valence-corrected chi connectivity index (χ1v) is 7.60. The lowest BCUT2D eigenvalue weighted by atomic mass is 9.82. The van der Waals surface area contributed by atoms with Crippen LogP contribution in [0.25, 0.3) is 0 Å². The number of carbonyl (C=O) groups is 2. The van der Waals surface area contributed by atoms with E-state index in [-0.39, 0.29) is 23.7 Å². The van der Waals surface area contributed by atoms with Crippen molar-refractivity contribution >= 4 is 23.6 Å². The maximum absolute atomic E-state index is 12.4. The van der Waals surface area contributed by atoms with Gasteiger partial charge in [-0.3, -0.25) is 9.59 Å². The zero-order chi connectivity index (χ0) is 13.3. The molecule has 4 atom stereocenters. The number of amides is 1. The minimum absolute atomic E-state index is 0.00620. The monoisotopic (exact) mass is 269 g/mol. The summed E-state index contributed by atoms with van der Waals surface area (Å²) in [6.07, 6.45) is 6.81. The molecule has 4 nitrogen and oxygen atoms in total. The second-order valence-electron chi connectivity index (χ2n) is 5.09. The van der Waals surface area contributed by atoms with Crippen molar-refractivity contribution in [3.8, 4) is 0 Å². The smallest absolute Gasteiger partial charge is 0.307 e. The number of aliphatic carboxylic acids is 1. The van der Waals surface area contributed by atoms with Crippen LogP contribution in [-0.4, -0.2) is 47.5 Å². The van der Waals surface area contributed by atoms with E-state index in [1.54, 1.807) is 23.7 Å². The molecule has 0 saturated heterocycles. The van der Waals surface area contributed by atoms with E-state index in [4.69, 9.17) is 0 Å². The fourth-order valence-electron chi connectivity index (χ4n) is 3.09. The Hall–Kier alpha value is -0.970. The van der Waals surface area contributed by atoms with Gasteiger partial charge in [0.2, 0.25) is 5.91 Å². The van der Waals surface area contributed by atoms with Crippen molar-refractivity contribution in [2.24, 2.45) is 23.7 Å². The summed E-state index contributed by atoms with van der Waals surface area (Å²) in [5.74, 6) is -0.655. The van der Waals surface area contributed by atoms with Crippen molar-refractivity contribution in [2.75, 3.05) is 25.6 Å². The second kappa shape index (κ2) is 5.34. The SMILES string of the molecule is CSCCN(C)C(=O)[C@H]1C2C=CC(C2)[C@H]1C(=O)O. The summed E-state index contributed by atoms with van der Waals surface area (Å²) in [5, 5.41) is 9.30. The maximum Gasteiger partial charge on any atom is 0.307 e. The Morgan fingerprint density at radius 1 is 1.33 bits per heavy atom. The lowest BCUT2D eigenvalue weighted by Crippen LogP contribution is -2.41. The van der Waals surface area contributed by atoms with Crippen LogP contribution >= 0.6 is 11.8 Å². The zero-order valence-corrected chi connectivity index (χ0v) is 11.5. The van der Waals surface area contributed by atoms with E-state index in [1.165, 1.54) is 0 Å². The number of hydrogen-bond acceptors (Lipinski definition) is 3. The Morgan fingerprint density at radius 2 is 1.94 bits per heavy atom. The van der Waals surface area contributed by atoms with E-state index < -0.39 is 11.9 Å². The highest BCUT2D eigenvalue weighted by molar-refractivity contribution is 7.98. The molecule has 2 aliphatic rings. The van der Waals surface area contributed by atoms with Gasteiger partial charge in [-0.1, -0.05) is 12.2 Å². The van der Waals surface area contributed by atoms with E-state index in [1.807, 2.05) is 18.4 Å². The second-order valence-corrected chi connectivity index (χ2v) is 6.08. The molecule has 2 rings (SSSR count). The highest BCUT2D eigenvalue weighted by Crippen LogP contribution is 2.48. The summed E-state index contributed by atoms with van der Waals surface area (Å²) in [5.41, 5.74) is 0. The Labute approximate surface area is 111 Å². The minimum Gasteiger partial charge on any atom is -0.481 e. The van der Waals surface area contributed by atoms with E-state index in [2.05, 4.69) is 0 Å². The molecule has 0 radical (unpaired) electrons. The molecular formula is C13H19NO3S. The summed E-state index contributed by atoms with van der Waals surface area (Å²) in [6, 6.07) is 0. The quantitative estimate of drug-likeness (QED) is 0.765. The first-order chi connectivity index (χ1) is 8.56. The minimum atomic E-state index is -0.830. The van der Waals surface area contributed by atoms with E-state index in [0.29, 0.717) is 6.54 Å². The average Bonchev–Trinajstić information content (AvgIpc) is 2.94. The molecule has 2 aliphatic carbocycles. The van der Waals surface area contributed by atoms with Crippen molar-refractivity contribution in [3.63, 3.8) is 0 Å². The first kappa shape index (κ1) is 13.5. The van der Waals surface area contributed by atoms with E-state index in [0.717, 1.165) is 12.2 Å². The Kier molecular flexibility index (Phi) is 4.00.